The predicted octanol–water partition coefficient (Wildman–Crippen LogP) is 2.56. The smallest absolute Gasteiger partial charge is 0.226 e. The van der Waals surface area contributed by atoms with Gasteiger partial charge in [0, 0.05) is 23.7 Å². The molecule has 2 atom stereocenters. The molecule has 0 spiro atoms. The average molecular weight is 334 g/mol. The van der Waals surface area contributed by atoms with Gasteiger partial charge in [0.15, 0.2) is 0 Å². The Morgan fingerprint density at radius 1 is 1.22 bits per heavy atom. The normalized spacial score (nSPS) is 20.4. The fraction of sp³-hybridized carbons (Fsp3) is 0.235. The molecule has 4 nitrogen and oxygen atoms in total. The Morgan fingerprint density at radius 2 is 1.96 bits per heavy atom. The van der Waals surface area contributed by atoms with Gasteiger partial charge in [0.25, 0.3) is 0 Å². The number of hydrazine groups is 1. The van der Waals surface area contributed by atoms with E-state index in [-0.39, 0.29) is 30.2 Å². The highest BCUT2D eigenvalue weighted by Gasteiger charge is 2.33. The summed E-state index contributed by atoms with van der Waals surface area (Å²) in [6.45, 7) is 0.686. The van der Waals surface area contributed by atoms with Gasteiger partial charge >= 0.3 is 0 Å². The molecule has 1 aliphatic rings. The number of rotatable bonds is 4. The van der Waals surface area contributed by atoms with E-state index in [0.29, 0.717) is 17.1 Å². The first-order chi connectivity index (χ1) is 11.1. The van der Waals surface area contributed by atoms with Gasteiger partial charge in [0.2, 0.25) is 5.91 Å². The summed E-state index contributed by atoms with van der Waals surface area (Å²) in [5.41, 5.74) is 7.57. The summed E-state index contributed by atoms with van der Waals surface area (Å²) in [5.74, 6) is -0.710. The molecule has 0 radical (unpaired) electrons. The quantitative estimate of drug-likeness (QED) is 0.806. The predicted molar refractivity (Wildman–Crippen MR) is 87.1 cm³/mol. The van der Waals surface area contributed by atoms with Crippen molar-refractivity contribution in [2.24, 2.45) is 5.92 Å². The number of amides is 1. The Bertz CT molecular complexity index is 692. The van der Waals surface area contributed by atoms with Crippen LogP contribution >= 0.6 is 11.6 Å². The lowest BCUT2D eigenvalue weighted by atomic mass is 9.94. The third kappa shape index (κ3) is 3.69. The van der Waals surface area contributed by atoms with Gasteiger partial charge in [-0.2, -0.15) is 0 Å². The molecular weight excluding hydrogens is 317 g/mol. The largest absolute Gasteiger partial charge is 0.352 e. The molecule has 120 valence electrons. The van der Waals surface area contributed by atoms with Crippen LogP contribution in [0.15, 0.2) is 48.5 Å². The van der Waals surface area contributed by atoms with Crippen LogP contribution in [0.5, 0.6) is 0 Å². The van der Waals surface area contributed by atoms with E-state index >= 15 is 0 Å². The van der Waals surface area contributed by atoms with Gasteiger partial charge in [-0.3, -0.25) is 10.2 Å². The summed E-state index contributed by atoms with van der Waals surface area (Å²) >= 11 is 5.90. The minimum absolute atomic E-state index is 0.120. The van der Waals surface area contributed by atoms with E-state index < -0.39 is 0 Å². The van der Waals surface area contributed by atoms with E-state index in [1.54, 1.807) is 30.3 Å². The standard InChI is InChI=1S/C17H17ClFN3O/c18-13-7-5-11(6-8-13)16-14(10-21-22-16)17(23)20-9-12-3-1-2-4-15(12)19/h1-8,14,16,21-22H,9-10H2,(H,20,23). The minimum Gasteiger partial charge on any atom is -0.352 e. The van der Waals surface area contributed by atoms with Crippen molar-refractivity contribution >= 4 is 17.5 Å². The van der Waals surface area contributed by atoms with Crippen molar-refractivity contribution in [1.82, 2.24) is 16.2 Å². The van der Waals surface area contributed by atoms with Crippen LogP contribution in [0.3, 0.4) is 0 Å². The van der Waals surface area contributed by atoms with E-state index in [4.69, 9.17) is 11.6 Å². The average Bonchev–Trinajstić information content (AvgIpc) is 3.04. The maximum atomic E-state index is 13.6. The summed E-state index contributed by atoms with van der Waals surface area (Å²) in [7, 11) is 0. The molecule has 6 heteroatoms. The van der Waals surface area contributed by atoms with Gasteiger partial charge in [-0.05, 0) is 23.8 Å². The van der Waals surface area contributed by atoms with Gasteiger partial charge in [0.1, 0.15) is 5.82 Å². The SMILES string of the molecule is O=C(NCc1ccccc1F)C1CNNC1c1ccc(Cl)cc1. The lowest BCUT2D eigenvalue weighted by molar-refractivity contribution is -0.125. The lowest BCUT2D eigenvalue weighted by Crippen LogP contribution is -2.34. The molecule has 0 saturated carbocycles. The van der Waals surface area contributed by atoms with Gasteiger partial charge in [-0.25, -0.2) is 9.82 Å². The number of halogens is 2. The fourth-order valence-corrected chi connectivity index (χ4v) is 2.81. The molecule has 0 bridgehead atoms. The van der Waals surface area contributed by atoms with E-state index in [9.17, 15) is 9.18 Å². The highest BCUT2D eigenvalue weighted by Crippen LogP contribution is 2.26. The van der Waals surface area contributed by atoms with Gasteiger partial charge in [0.05, 0.1) is 12.0 Å². The third-order valence-corrected chi connectivity index (χ3v) is 4.21. The second-order valence-electron chi connectivity index (χ2n) is 5.47. The van der Waals surface area contributed by atoms with Gasteiger partial charge in [-0.1, -0.05) is 41.9 Å². The van der Waals surface area contributed by atoms with Crippen LogP contribution in [0, 0.1) is 11.7 Å². The molecule has 0 aliphatic carbocycles. The van der Waals surface area contributed by atoms with Crippen molar-refractivity contribution in [2.75, 3.05) is 6.54 Å². The molecular formula is C17H17ClFN3O. The molecule has 1 aliphatic heterocycles. The van der Waals surface area contributed by atoms with Crippen LogP contribution in [0.4, 0.5) is 4.39 Å². The van der Waals surface area contributed by atoms with Crippen LogP contribution in [0.25, 0.3) is 0 Å². The number of hydrogen-bond acceptors (Lipinski definition) is 3. The zero-order valence-electron chi connectivity index (χ0n) is 12.4. The summed E-state index contributed by atoms with van der Waals surface area (Å²) < 4.78 is 13.6. The maximum Gasteiger partial charge on any atom is 0.226 e. The number of hydrogen-bond donors (Lipinski definition) is 3. The van der Waals surface area contributed by atoms with Crippen molar-refractivity contribution in [3.63, 3.8) is 0 Å². The molecule has 2 unspecified atom stereocenters. The summed E-state index contributed by atoms with van der Waals surface area (Å²) in [4.78, 5) is 12.4. The zero-order chi connectivity index (χ0) is 16.2. The minimum atomic E-state index is -0.315. The first-order valence-electron chi connectivity index (χ1n) is 7.40. The molecule has 0 aromatic heterocycles. The zero-order valence-corrected chi connectivity index (χ0v) is 13.1. The van der Waals surface area contributed by atoms with Gasteiger partial charge < -0.3 is 5.32 Å². The van der Waals surface area contributed by atoms with E-state index in [1.807, 2.05) is 12.1 Å². The number of carbonyl (C=O) groups excluding carboxylic acids is 1. The monoisotopic (exact) mass is 333 g/mol. The van der Waals surface area contributed by atoms with Crippen LogP contribution in [0.2, 0.25) is 5.02 Å². The van der Waals surface area contributed by atoms with Crippen LogP contribution in [0.1, 0.15) is 17.2 Å². The molecule has 23 heavy (non-hydrogen) atoms. The molecule has 2 aromatic carbocycles. The molecule has 1 amide bonds. The van der Waals surface area contributed by atoms with Crippen LogP contribution < -0.4 is 16.2 Å². The molecule has 3 N–H and O–H groups in total. The molecule has 3 rings (SSSR count). The molecule has 1 fully saturated rings. The number of benzene rings is 2. The van der Waals surface area contributed by atoms with Crippen molar-refractivity contribution < 1.29 is 9.18 Å². The lowest BCUT2D eigenvalue weighted by Gasteiger charge is -2.18. The Hall–Kier alpha value is -1.95. The fourth-order valence-electron chi connectivity index (χ4n) is 2.68. The topological polar surface area (TPSA) is 53.2 Å². The summed E-state index contributed by atoms with van der Waals surface area (Å²) in [5, 5.41) is 3.46. The second-order valence-corrected chi connectivity index (χ2v) is 5.91. The first kappa shape index (κ1) is 15.9. The highest BCUT2D eigenvalue weighted by molar-refractivity contribution is 6.30. The Morgan fingerprint density at radius 3 is 2.70 bits per heavy atom. The Labute approximate surface area is 139 Å². The molecule has 1 heterocycles. The summed E-state index contributed by atoms with van der Waals surface area (Å²) in [6, 6.07) is 13.7. The Balaban J connectivity index is 1.66. The van der Waals surface area contributed by atoms with E-state index in [0.717, 1.165) is 5.56 Å². The van der Waals surface area contributed by atoms with E-state index in [1.165, 1.54) is 6.07 Å². The van der Waals surface area contributed by atoms with Crippen LogP contribution in [-0.2, 0) is 11.3 Å². The first-order valence-corrected chi connectivity index (χ1v) is 7.78. The summed E-state index contributed by atoms with van der Waals surface area (Å²) in [6.07, 6.45) is 0. The third-order valence-electron chi connectivity index (χ3n) is 3.96. The van der Waals surface area contributed by atoms with Crippen molar-refractivity contribution in [2.45, 2.75) is 12.6 Å². The highest BCUT2D eigenvalue weighted by atomic mass is 35.5. The van der Waals surface area contributed by atoms with Crippen molar-refractivity contribution in [3.05, 3.63) is 70.5 Å². The van der Waals surface area contributed by atoms with E-state index in [2.05, 4.69) is 16.2 Å². The maximum absolute atomic E-state index is 13.6. The van der Waals surface area contributed by atoms with Crippen molar-refractivity contribution in [1.29, 1.82) is 0 Å². The molecule has 1 saturated heterocycles. The number of nitrogens with one attached hydrogen (secondary N) is 3. The second kappa shape index (κ2) is 7.08. The van der Waals surface area contributed by atoms with Gasteiger partial charge in [-0.15, -0.1) is 0 Å². The van der Waals surface area contributed by atoms with Crippen LogP contribution in [-0.4, -0.2) is 12.5 Å². The van der Waals surface area contributed by atoms with Crippen molar-refractivity contribution in [3.8, 4) is 0 Å². The molecule has 2 aromatic rings. The Kier molecular flexibility index (Phi) is 4.91. The number of carbonyl (C=O) groups is 1.